The van der Waals surface area contributed by atoms with E-state index >= 15 is 0 Å². The monoisotopic (exact) mass is 487 g/mol. The van der Waals surface area contributed by atoms with Crippen LogP contribution in [0.5, 0.6) is 11.5 Å². The largest absolute Gasteiger partial charge is 0.857 e. The van der Waals surface area contributed by atoms with Gasteiger partial charge in [-0.15, -0.1) is 11.3 Å². The Morgan fingerprint density at radius 3 is 2.57 bits per heavy atom. The minimum Gasteiger partial charge on any atom is -0.857 e. The molecule has 2 N–H and O–H groups in total. The van der Waals surface area contributed by atoms with Crippen molar-refractivity contribution >= 4 is 39.0 Å². The number of rotatable bonds is 6. The van der Waals surface area contributed by atoms with E-state index in [1.165, 1.54) is 22.2 Å². The molecule has 10 heteroatoms. The Morgan fingerprint density at radius 2 is 1.89 bits per heavy atom. The number of thiophene rings is 1. The van der Waals surface area contributed by atoms with Gasteiger partial charge in [-0.05, 0) is 12.1 Å². The van der Waals surface area contributed by atoms with Crippen LogP contribution in [0.15, 0.2) is 70.3 Å². The van der Waals surface area contributed by atoms with Gasteiger partial charge in [-0.25, -0.2) is 9.98 Å². The average Bonchev–Trinajstić information content (AvgIpc) is 3.45. The number of hydrogen-bond donors (Lipinski definition) is 1. The minimum atomic E-state index is -0.535. The molecule has 0 saturated heterocycles. The second-order valence-corrected chi connectivity index (χ2v) is 8.62. The molecule has 0 aliphatic carbocycles. The summed E-state index contributed by atoms with van der Waals surface area (Å²) >= 11 is 1.18. The molecule has 2 aromatic carbocycles. The standard InChI is InChI=1S/C25H21N5O4S/c1-30-13-19(34-29-30)28-24(31)23-21(26)20-16(15-10-7-11-18(32-2)22(15)33-3)12-17(27-25(20)35-23)14-8-5-4-6-9-14/h4-13H,1-3H3,(H2-,26,28,29,31). The van der Waals surface area contributed by atoms with Crippen LogP contribution in [-0.2, 0) is 7.05 Å². The Morgan fingerprint density at radius 1 is 1.09 bits per heavy atom. The van der Waals surface area contributed by atoms with E-state index < -0.39 is 5.90 Å². The lowest BCUT2D eigenvalue weighted by molar-refractivity contribution is -0.739. The van der Waals surface area contributed by atoms with Crippen LogP contribution in [0.1, 0.15) is 4.88 Å². The van der Waals surface area contributed by atoms with Crippen LogP contribution in [-0.4, -0.2) is 30.4 Å². The van der Waals surface area contributed by atoms with Crippen LogP contribution in [0, 0.1) is 0 Å². The molecule has 0 radical (unpaired) electrons. The molecule has 0 aliphatic rings. The number of aryl methyl sites for hydroxylation is 1. The summed E-state index contributed by atoms with van der Waals surface area (Å²) < 4.78 is 17.7. The number of pyridine rings is 1. The molecule has 5 aromatic rings. The molecule has 0 saturated carbocycles. The van der Waals surface area contributed by atoms with Crippen molar-refractivity contribution in [2.45, 2.75) is 0 Å². The molecule has 3 heterocycles. The van der Waals surface area contributed by atoms with Gasteiger partial charge in [-0.2, -0.15) is 0 Å². The van der Waals surface area contributed by atoms with Crippen LogP contribution >= 0.6 is 11.3 Å². The summed E-state index contributed by atoms with van der Waals surface area (Å²) in [5, 5.41) is 17.4. The van der Waals surface area contributed by atoms with E-state index in [-0.39, 0.29) is 16.4 Å². The van der Waals surface area contributed by atoms with E-state index in [2.05, 4.69) is 10.3 Å². The highest BCUT2D eigenvalue weighted by molar-refractivity contribution is 7.21. The molecule has 0 bridgehead atoms. The van der Waals surface area contributed by atoms with Crippen LogP contribution in [0.4, 0.5) is 11.6 Å². The van der Waals surface area contributed by atoms with Gasteiger partial charge >= 0.3 is 5.88 Å². The number of nitrogens with zero attached hydrogens (tertiary/aromatic N) is 4. The van der Waals surface area contributed by atoms with Crippen molar-refractivity contribution in [3.05, 3.63) is 65.7 Å². The summed E-state index contributed by atoms with van der Waals surface area (Å²) in [4.78, 5) is 9.72. The first-order valence-corrected chi connectivity index (χ1v) is 11.4. The number of ether oxygens (including phenoxy) is 2. The molecule has 0 aliphatic heterocycles. The quantitative estimate of drug-likeness (QED) is 0.221. The Balaban J connectivity index is 1.79. The molecule has 0 amide bonds. The third-order valence-corrected chi connectivity index (χ3v) is 6.52. The van der Waals surface area contributed by atoms with Crippen molar-refractivity contribution in [1.29, 1.82) is 0 Å². The lowest BCUT2D eigenvalue weighted by atomic mass is 9.98. The topological polar surface area (TPSA) is 123 Å². The van der Waals surface area contributed by atoms with Crippen molar-refractivity contribution in [2.24, 2.45) is 12.0 Å². The lowest BCUT2D eigenvalue weighted by Crippen LogP contribution is -2.27. The first-order chi connectivity index (χ1) is 17.0. The van der Waals surface area contributed by atoms with Gasteiger partial charge in [0.25, 0.3) is 6.20 Å². The first kappa shape index (κ1) is 22.4. The Hall–Kier alpha value is -4.44. The second kappa shape index (κ2) is 9.07. The maximum absolute atomic E-state index is 13.0. The molecule has 176 valence electrons. The van der Waals surface area contributed by atoms with Crippen LogP contribution in [0.3, 0.4) is 0 Å². The van der Waals surface area contributed by atoms with Crippen molar-refractivity contribution in [3.8, 4) is 33.9 Å². The SMILES string of the molecule is COc1cccc(-c2cc(-c3ccccc3)nc3sc(/C([O-])=N/c4c[n+](C)no4)c(N)c23)c1OC. The highest BCUT2D eigenvalue weighted by Gasteiger charge is 2.21. The zero-order valence-corrected chi connectivity index (χ0v) is 20.0. The van der Waals surface area contributed by atoms with Crippen LogP contribution < -0.4 is 25.0 Å². The van der Waals surface area contributed by atoms with Gasteiger partial charge in [-0.3, -0.25) is 4.52 Å². The molecule has 35 heavy (non-hydrogen) atoms. The smallest absolute Gasteiger partial charge is 0.320 e. The van der Waals surface area contributed by atoms with E-state index in [1.807, 2.05) is 54.6 Å². The highest BCUT2D eigenvalue weighted by Crippen LogP contribution is 2.46. The van der Waals surface area contributed by atoms with Gasteiger partial charge in [0.1, 0.15) is 4.83 Å². The number of para-hydroxylation sites is 1. The Bertz CT molecular complexity index is 1560. The van der Waals surface area contributed by atoms with Crippen molar-refractivity contribution in [2.75, 3.05) is 20.0 Å². The molecular formula is C25H21N5O4S. The van der Waals surface area contributed by atoms with Crippen molar-refractivity contribution in [1.82, 2.24) is 10.3 Å². The predicted octanol–water partition coefficient (Wildman–Crippen LogP) is 3.48. The summed E-state index contributed by atoms with van der Waals surface area (Å²) in [6.07, 6.45) is 1.50. The van der Waals surface area contributed by atoms with Gasteiger partial charge in [0.15, 0.2) is 23.8 Å². The Labute approximate surface area is 204 Å². The fourth-order valence-electron chi connectivity index (χ4n) is 3.86. The number of aromatic nitrogens is 3. The van der Waals surface area contributed by atoms with Crippen molar-refractivity contribution in [3.63, 3.8) is 0 Å². The van der Waals surface area contributed by atoms with E-state index in [9.17, 15) is 5.11 Å². The molecule has 3 aromatic heterocycles. The summed E-state index contributed by atoms with van der Waals surface area (Å²) in [6, 6.07) is 17.3. The number of benzene rings is 2. The van der Waals surface area contributed by atoms with E-state index in [4.69, 9.17) is 24.7 Å². The maximum atomic E-state index is 13.0. The third kappa shape index (κ3) is 4.04. The third-order valence-electron chi connectivity index (χ3n) is 5.43. The second-order valence-electron chi connectivity index (χ2n) is 7.62. The van der Waals surface area contributed by atoms with E-state index in [1.54, 1.807) is 21.3 Å². The number of anilines is 1. The summed E-state index contributed by atoms with van der Waals surface area (Å²) in [5.41, 5.74) is 10.0. The molecular weight excluding hydrogens is 466 g/mol. The molecule has 0 fully saturated rings. The highest BCUT2D eigenvalue weighted by atomic mass is 32.1. The molecule has 5 rings (SSSR count). The van der Waals surface area contributed by atoms with Gasteiger partial charge in [0, 0.05) is 28.0 Å². The lowest BCUT2D eigenvalue weighted by Gasteiger charge is -2.15. The normalized spacial score (nSPS) is 11.7. The number of aliphatic imine (C=N–C) groups is 1. The minimum absolute atomic E-state index is 0.0852. The number of methoxy groups -OCH3 is 2. The average molecular weight is 488 g/mol. The molecule has 9 nitrogen and oxygen atoms in total. The predicted molar refractivity (Wildman–Crippen MR) is 132 cm³/mol. The summed E-state index contributed by atoms with van der Waals surface area (Å²) in [6.45, 7) is 0. The fraction of sp³-hybridized carbons (Fsp3) is 0.120. The number of nitrogen functional groups attached to an aromatic ring is 1. The molecule has 0 unspecified atom stereocenters. The van der Waals surface area contributed by atoms with Gasteiger partial charge in [0.2, 0.25) is 0 Å². The number of nitrogens with two attached hydrogens (primary N) is 1. The van der Waals surface area contributed by atoms with E-state index in [0.29, 0.717) is 21.7 Å². The first-order valence-electron chi connectivity index (χ1n) is 10.6. The molecule has 0 spiro atoms. The van der Waals surface area contributed by atoms with E-state index in [0.717, 1.165) is 22.4 Å². The number of hydrogen-bond acceptors (Lipinski definition) is 9. The van der Waals surface area contributed by atoms with Crippen molar-refractivity contribution < 1.29 is 23.8 Å². The maximum Gasteiger partial charge on any atom is 0.320 e. The summed E-state index contributed by atoms with van der Waals surface area (Å²) in [7, 11) is 4.84. The fourth-order valence-corrected chi connectivity index (χ4v) is 4.87. The zero-order valence-electron chi connectivity index (χ0n) is 19.2. The van der Waals surface area contributed by atoms with Gasteiger partial charge < -0.3 is 20.3 Å². The number of fused-ring (bicyclic) bond motifs is 1. The van der Waals surface area contributed by atoms with Crippen LogP contribution in [0.2, 0.25) is 0 Å². The van der Waals surface area contributed by atoms with Gasteiger partial charge in [0.05, 0.1) is 30.5 Å². The zero-order chi connectivity index (χ0) is 24.5. The summed E-state index contributed by atoms with van der Waals surface area (Å²) in [5.74, 6) is 0.683. The molecule has 0 atom stereocenters. The Kier molecular flexibility index (Phi) is 5.79. The van der Waals surface area contributed by atoms with Gasteiger partial charge in [-0.1, -0.05) is 47.1 Å². The van der Waals surface area contributed by atoms with Crippen LogP contribution in [0.25, 0.3) is 32.6 Å².